The average Bonchev–Trinajstić information content (AvgIpc) is 2.28. The van der Waals surface area contributed by atoms with Gasteiger partial charge in [-0.3, -0.25) is 4.79 Å². The monoisotopic (exact) mass is 253 g/mol. The summed E-state index contributed by atoms with van der Waals surface area (Å²) >= 11 is 3.38. The Morgan fingerprint density at radius 1 is 1.36 bits per heavy atom. The molecule has 74 valence electrons. The number of amides is 1. The topological polar surface area (TPSA) is 20.3 Å². The van der Waals surface area contributed by atoms with Crippen molar-refractivity contribution in [1.29, 1.82) is 0 Å². The minimum Gasteiger partial charge on any atom is -0.332 e. The van der Waals surface area contributed by atoms with E-state index in [2.05, 4.69) is 29.8 Å². The lowest BCUT2D eigenvalue weighted by molar-refractivity contribution is 0.0691. The van der Waals surface area contributed by atoms with Gasteiger partial charge < -0.3 is 4.90 Å². The van der Waals surface area contributed by atoms with Crippen molar-refractivity contribution in [3.05, 3.63) is 33.8 Å². The molecule has 3 heteroatoms. The van der Waals surface area contributed by atoms with Crippen LogP contribution in [0.25, 0.3) is 0 Å². The van der Waals surface area contributed by atoms with Crippen molar-refractivity contribution in [2.75, 3.05) is 7.05 Å². The van der Waals surface area contributed by atoms with Crippen LogP contribution >= 0.6 is 15.9 Å². The molecular formula is C11H12BrNO. The summed E-state index contributed by atoms with van der Waals surface area (Å²) in [5, 5.41) is 0. The predicted octanol–water partition coefficient (Wildman–Crippen LogP) is 2.77. The van der Waals surface area contributed by atoms with E-state index in [0.29, 0.717) is 0 Å². The van der Waals surface area contributed by atoms with E-state index in [1.165, 1.54) is 0 Å². The summed E-state index contributed by atoms with van der Waals surface area (Å²) in [7, 11) is 1.84. The maximum Gasteiger partial charge on any atom is 0.254 e. The van der Waals surface area contributed by atoms with Crippen LogP contribution in [-0.4, -0.2) is 17.9 Å². The predicted molar refractivity (Wildman–Crippen MR) is 59.3 cm³/mol. The Balaban J connectivity index is 2.68. The van der Waals surface area contributed by atoms with E-state index in [-0.39, 0.29) is 11.4 Å². The molecule has 1 aliphatic rings. The molecule has 0 saturated heterocycles. The highest BCUT2D eigenvalue weighted by molar-refractivity contribution is 9.10. The van der Waals surface area contributed by atoms with Crippen LogP contribution in [0.2, 0.25) is 0 Å². The molecule has 1 heterocycles. The molecule has 0 N–H and O–H groups in total. The van der Waals surface area contributed by atoms with Gasteiger partial charge >= 0.3 is 0 Å². The normalized spacial score (nSPS) is 18.6. The second-order valence-electron chi connectivity index (χ2n) is 4.11. The van der Waals surface area contributed by atoms with Crippen LogP contribution in [0.4, 0.5) is 0 Å². The number of halogens is 1. The van der Waals surface area contributed by atoms with Crippen molar-refractivity contribution in [3.8, 4) is 0 Å². The lowest BCUT2D eigenvalue weighted by Gasteiger charge is -2.28. The zero-order valence-corrected chi connectivity index (χ0v) is 10.1. The summed E-state index contributed by atoms with van der Waals surface area (Å²) < 4.78 is 0.954. The van der Waals surface area contributed by atoms with Gasteiger partial charge in [0.2, 0.25) is 0 Å². The number of rotatable bonds is 0. The molecule has 14 heavy (non-hydrogen) atoms. The van der Waals surface area contributed by atoms with Gasteiger partial charge in [-0.2, -0.15) is 0 Å². The van der Waals surface area contributed by atoms with Crippen LogP contribution in [0.1, 0.15) is 29.8 Å². The van der Waals surface area contributed by atoms with Gasteiger partial charge in [-0.05, 0) is 31.5 Å². The number of benzene rings is 1. The molecule has 2 nitrogen and oxygen atoms in total. The molecule has 0 fully saturated rings. The second-order valence-corrected chi connectivity index (χ2v) is 5.03. The first-order valence-corrected chi connectivity index (χ1v) is 5.32. The van der Waals surface area contributed by atoms with Crippen molar-refractivity contribution >= 4 is 21.8 Å². The number of nitrogens with zero attached hydrogens (tertiary/aromatic N) is 1. The average molecular weight is 254 g/mol. The van der Waals surface area contributed by atoms with E-state index in [4.69, 9.17) is 0 Å². The molecule has 0 aliphatic carbocycles. The first-order chi connectivity index (χ1) is 6.44. The SMILES string of the molecule is CN1C(=O)c2cc(Br)ccc2C1(C)C. The van der Waals surface area contributed by atoms with Gasteiger partial charge in [0.1, 0.15) is 0 Å². The van der Waals surface area contributed by atoms with Crippen LogP contribution in [0.5, 0.6) is 0 Å². The van der Waals surface area contributed by atoms with Crippen LogP contribution in [-0.2, 0) is 5.54 Å². The quantitative estimate of drug-likeness (QED) is 0.697. The van der Waals surface area contributed by atoms with E-state index >= 15 is 0 Å². The fraction of sp³-hybridized carbons (Fsp3) is 0.364. The van der Waals surface area contributed by atoms with Crippen molar-refractivity contribution in [2.45, 2.75) is 19.4 Å². The summed E-state index contributed by atoms with van der Waals surface area (Å²) in [4.78, 5) is 13.7. The standard InChI is InChI=1S/C11H12BrNO/c1-11(2)9-5-4-7(12)6-8(9)10(14)13(11)3/h4-6H,1-3H3. The minimum atomic E-state index is -0.187. The van der Waals surface area contributed by atoms with E-state index in [0.717, 1.165) is 15.6 Å². The molecule has 0 unspecified atom stereocenters. The van der Waals surface area contributed by atoms with E-state index in [9.17, 15) is 4.79 Å². The fourth-order valence-electron chi connectivity index (χ4n) is 1.84. The van der Waals surface area contributed by atoms with Gasteiger partial charge in [0.25, 0.3) is 5.91 Å². The van der Waals surface area contributed by atoms with Crippen LogP contribution in [0.3, 0.4) is 0 Å². The number of fused-ring (bicyclic) bond motifs is 1. The fourth-order valence-corrected chi connectivity index (χ4v) is 2.20. The summed E-state index contributed by atoms with van der Waals surface area (Å²) in [5.74, 6) is 0.103. The number of hydrogen-bond acceptors (Lipinski definition) is 1. The molecule has 0 saturated carbocycles. The summed E-state index contributed by atoms with van der Waals surface area (Å²) in [5.41, 5.74) is 1.73. The Hall–Kier alpha value is -0.830. The molecule has 0 bridgehead atoms. The molecule has 2 rings (SSSR count). The molecule has 1 aromatic carbocycles. The van der Waals surface area contributed by atoms with Gasteiger partial charge in [-0.25, -0.2) is 0 Å². The summed E-state index contributed by atoms with van der Waals surface area (Å²) in [6, 6.07) is 5.89. The Morgan fingerprint density at radius 2 is 2.00 bits per heavy atom. The Bertz CT molecular complexity index is 412. The lowest BCUT2D eigenvalue weighted by Crippen LogP contribution is -2.35. The van der Waals surface area contributed by atoms with Gasteiger partial charge in [-0.15, -0.1) is 0 Å². The zero-order chi connectivity index (χ0) is 10.5. The van der Waals surface area contributed by atoms with Crippen LogP contribution in [0.15, 0.2) is 22.7 Å². The van der Waals surface area contributed by atoms with Crippen molar-refractivity contribution < 1.29 is 4.79 Å². The largest absolute Gasteiger partial charge is 0.332 e. The smallest absolute Gasteiger partial charge is 0.254 e. The molecule has 0 spiro atoms. The number of carbonyl (C=O) groups is 1. The van der Waals surface area contributed by atoms with E-state index in [1.807, 2.05) is 25.2 Å². The van der Waals surface area contributed by atoms with Gasteiger partial charge in [0.05, 0.1) is 5.54 Å². The Morgan fingerprint density at radius 3 is 2.64 bits per heavy atom. The maximum absolute atomic E-state index is 11.9. The third kappa shape index (κ3) is 1.12. The molecule has 1 aromatic rings. The molecular weight excluding hydrogens is 242 g/mol. The van der Waals surface area contributed by atoms with Gasteiger partial charge in [-0.1, -0.05) is 22.0 Å². The maximum atomic E-state index is 11.9. The first-order valence-electron chi connectivity index (χ1n) is 4.53. The molecule has 0 radical (unpaired) electrons. The first kappa shape index (κ1) is 9.71. The highest BCUT2D eigenvalue weighted by Crippen LogP contribution is 2.38. The third-order valence-electron chi connectivity index (χ3n) is 3.01. The van der Waals surface area contributed by atoms with Crippen molar-refractivity contribution in [1.82, 2.24) is 4.90 Å². The second kappa shape index (κ2) is 2.83. The lowest BCUT2D eigenvalue weighted by atomic mass is 9.94. The molecule has 0 aromatic heterocycles. The molecule has 1 aliphatic heterocycles. The minimum absolute atomic E-state index is 0.103. The highest BCUT2D eigenvalue weighted by atomic mass is 79.9. The van der Waals surface area contributed by atoms with E-state index < -0.39 is 0 Å². The molecule has 1 amide bonds. The zero-order valence-electron chi connectivity index (χ0n) is 8.47. The highest BCUT2D eigenvalue weighted by Gasteiger charge is 2.40. The Labute approximate surface area is 92.0 Å². The Kier molecular flexibility index (Phi) is 1.96. The van der Waals surface area contributed by atoms with Gasteiger partial charge in [0, 0.05) is 17.1 Å². The number of hydrogen-bond donors (Lipinski definition) is 0. The van der Waals surface area contributed by atoms with Crippen molar-refractivity contribution in [2.24, 2.45) is 0 Å². The van der Waals surface area contributed by atoms with E-state index in [1.54, 1.807) is 4.90 Å². The van der Waals surface area contributed by atoms with Gasteiger partial charge in [0.15, 0.2) is 0 Å². The van der Waals surface area contributed by atoms with Crippen molar-refractivity contribution in [3.63, 3.8) is 0 Å². The summed E-state index contributed by atoms with van der Waals surface area (Å²) in [6.45, 7) is 4.12. The molecule has 0 atom stereocenters. The van der Waals surface area contributed by atoms with Crippen LogP contribution < -0.4 is 0 Å². The van der Waals surface area contributed by atoms with Crippen LogP contribution in [0, 0.1) is 0 Å². The third-order valence-corrected chi connectivity index (χ3v) is 3.51. The summed E-state index contributed by atoms with van der Waals surface area (Å²) in [6.07, 6.45) is 0. The number of carbonyl (C=O) groups excluding carboxylic acids is 1.